The fourth-order valence-corrected chi connectivity index (χ4v) is 2.17. The number of amides is 1. The Morgan fingerprint density at radius 2 is 2.05 bits per heavy atom. The third-order valence-corrected chi connectivity index (χ3v) is 3.74. The summed E-state index contributed by atoms with van der Waals surface area (Å²) in [5.74, 6) is 0.817. The van der Waals surface area contributed by atoms with Crippen LogP contribution in [0.2, 0.25) is 0 Å². The fourth-order valence-electron chi connectivity index (χ4n) is 2.17. The van der Waals surface area contributed by atoms with Crippen LogP contribution in [0.1, 0.15) is 37.7 Å². The normalized spacial score (nSPS) is 16.3. The van der Waals surface area contributed by atoms with Crippen molar-refractivity contribution < 1.29 is 14.6 Å². The molecule has 0 saturated heterocycles. The summed E-state index contributed by atoms with van der Waals surface area (Å²) in [7, 11) is 0. The molecule has 0 spiro atoms. The van der Waals surface area contributed by atoms with Crippen molar-refractivity contribution in [1.29, 1.82) is 0 Å². The molecular formula is C16H23NO3. The molecule has 2 rings (SSSR count). The van der Waals surface area contributed by atoms with Gasteiger partial charge in [-0.1, -0.05) is 17.7 Å². The summed E-state index contributed by atoms with van der Waals surface area (Å²) >= 11 is 0. The largest absolute Gasteiger partial charge is 0.494 e. The highest BCUT2D eigenvalue weighted by molar-refractivity contribution is 5.75. The van der Waals surface area contributed by atoms with Gasteiger partial charge in [-0.05, 0) is 44.7 Å². The van der Waals surface area contributed by atoms with Crippen LogP contribution in [0, 0.1) is 6.92 Å². The predicted octanol–water partition coefficient (Wildman–Crippen LogP) is 2.19. The molecule has 2 N–H and O–H groups in total. The average molecular weight is 277 g/mol. The number of hydrogen-bond acceptors (Lipinski definition) is 3. The van der Waals surface area contributed by atoms with E-state index >= 15 is 0 Å². The van der Waals surface area contributed by atoms with Crippen LogP contribution in [0.5, 0.6) is 5.75 Å². The van der Waals surface area contributed by atoms with E-state index in [9.17, 15) is 9.90 Å². The number of hydrogen-bond donors (Lipinski definition) is 2. The zero-order valence-corrected chi connectivity index (χ0v) is 12.0. The number of rotatable bonds is 7. The summed E-state index contributed by atoms with van der Waals surface area (Å²) in [5, 5.41) is 12.6. The fraction of sp³-hybridized carbons (Fsp3) is 0.562. The summed E-state index contributed by atoms with van der Waals surface area (Å²) in [6.45, 7) is 2.94. The second-order valence-electron chi connectivity index (χ2n) is 5.62. The second-order valence-corrected chi connectivity index (χ2v) is 5.62. The van der Waals surface area contributed by atoms with Gasteiger partial charge in [0.25, 0.3) is 0 Å². The minimum absolute atomic E-state index is 0.0159. The molecule has 1 aromatic rings. The van der Waals surface area contributed by atoms with E-state index in [4.69, 9.17) is 4.74 Å². The molecule has 0 aliphatic heterocycles. The smallest absolute Gasteiger partial charge is 0.220 e. The molecule has 110 valence electrons. The summed E-state index contributed by atoms with van der Waals surface area (Å²) < 4.78 is 5.56. The first-order valence-corrected chi connectivity index (χ1v) is 7.26. The SMILES string of the molecule is Cc1ccc(OCCCC(=O)NCC2(O)CCC2)cc1. The van der Waals surface area contributed by atoms with E-state index in [0.717, 1.165) is 25.0 Å². The molecule has 20 heavy (non-hydrogen) atoms. The molecule has 1 aromatic carbocycles. The van der Waals surface area contributed by atoms with Crippen LogP contribution in [0.25, 0.3) is 0 Å². The molecule has 4 heteroatoms. The lowest BCUT2D eigenvalue weighted by Gasteiger charge is -2.36. The Morgan fingerprint density at radius 1 is 1.35 bits per heavy atom. The van der Waals surface area contributed by atoms with Gasteiger partial charge in [0.1, 0.15) is 5.75 Å². The molecular weight excluding hydrogens is 254 g/mol. The molecule has 0 atom stereocenters. The Balaban J connectivity index is 1.56. The van der Waals surface area contributed by atoms with Gasteiger partial charge in [-0.15, -0.1) is 0 Å². The number of carbonyl (C=O) groups excluding carboxylic acids is 1. The quantitative estimate of drug-likeness (QED) is 0.751. The van der Waals surface area contributed by atoms with Gasteiger partial charge >= 0.3 is 0 Å². The number of aliphatic hydroxyl groups is 1. The second kappa shape index (κ2) is 6.75. The molecule has 1 aliphatic carbocycles. The molecule has 0 heterocycles. The molecule has 0 aromatic heterocycles. The van der Waals surface area contributed by atoms with Crippen LogP contribution in [0.15, 0.2) is 24.3 Å². The molecule has 1 aliphatic rings. The van der Waals surface area contributed by atoms with Gasteiger partial charge in [-0.3, -0.25) is 4.79 Å². The van der Waals surface area contributed by atoms with Gasteiger partial charge in [0.05, 0.1) is 12.2 Å². The Kier molecular flexibility index (Phi) is 5.01. The van der Waals surface area contributed by atoms with E-state index in [-0.39, 0.29) is 5.91 Å². The Labute approximate surface area is 120 Å². The number of nitrogens with one attached hydrogen (secondary N) is 1. The van der Waals surface area contributed by atoms with E-state index in [1.54, 1.807) is 0 Å². The summed E-state index contributed by atoms with van der Waals surface area (Å²) in [6.07, 6.45) is 3.75. The van der Waals surface area contributed by atoms with Crippen molar-refractivity contribution in [3.8, 4) is 5.75 Å². The van der Waals surface area contributed by atoms with E-state index < -0.39 is 5.60 Å². The zero-order valence-electron chi connectivity index (χ0n) is 12.0. The third kappa shape index (κ3) is 4.53. The van der Waals surface area contributed by atoms with E-state index in [1.165, 1.54) is 5.56 Å². The van der Waals surface area contributed by atoms with E-state index in [1.807, 2.05) is 31.2 Å². The lowest BCUT2D eigenvalue weighted by Crippen LogP contribution is -2.47. The Morgan fingerprint density at radius 3 is 2.65 bits per heavy atom. The first-order valence-electron chi connectivity index (χ1n) is 7.26. The van der Waals surface area contributed by atoms with Crippen molar-refractivity contribution in [3.63, 3.8) is 0 Å². The third-order valence-electron chi connectivity index (χ3n) is 3.74. The zero-order chi connectivity index (χ0) is 14.4. The van der Waals surface area contributed by atoms with Gasteiger partial charge in [0.2, 0.25) is 5.91 Å². The first kappa shape index (κ1) is 14.9. The molecule has 0 bridgehead atoms. The van der Waals surface area contributed by atoms with Crippen molar-refractivity contribution in [1.82, 2.24) is 5.32 Å². The Hall–Kier alpha value is -1.55. The average Bonchev–Trinajstić information content (AvgIpc) is 2.41. The van der Waals surface area contributed by atoms with E-state index in [0.29, 0.717) is 26.0 Å². The summed E-state index contributed by atoms with van der Waals surface area (Å²) in [6, 6.07) is 7.87. The van der Waals surface area contributed by atoms with Crippen LogP contribution in [0.4, 0.5) is 0 Å². The molecule has 4 nitrogen and oxygen atoms in total. The van der Waals surface area contributed by atoms with Gasteiger partial charge in [-0.2, -0.15) is 0 Å². The van der Waals surface area contributed by atoms with Crippen LogP contribution in [0.3, 0.4) is 0 Å². The van der Waals surface area contributed by atoms with Crippen molar-refractivity contribution >= 4 is 5.91 Å². The molecule has 0 unspecified atom stereocenters. The van der Waals surface area contributed by atoms with Crippen LogP contribution in [-0.4, -0.2) is 29.8 Å². The molecule has 1 fully saturated rings. The van der Waals surface area contributed by atoms with Crippen LogP contribution in [-0.2, 0) is 4.79 Å². The molecule has 1 amide bonds. The molecule has 0 radical (unpaired) electrons. The predicted molar refractivity (Wildman–Crippen MR) is 77.7 cm³/mol. The van der Waals surface area contributed by atoms with Crippen LogP contribution < -0.4 is 10.1 Å². The van der Waals surface area contributed by atoms with Gasteiger partial charge in [-0.25, -0.2) is 0 Å². The van der Waals surface area contributed by atoms with E-state index in [2.05, 4.69) is 5.32 Å². The maximum atomic E-state index is 11.6. The lowest BCUT2D eigenvalue weighted by molar-refractivity contribution is -0.123. The standard InChI is InChI=1S/C16H23NO3/c1-13-5-7-14(8-6-13)20-11-2-4-15(18)17-12-16(19)9-3-10-16/h5-8,19H,2-4,9-12H2,1H3,(H,17,18). The summed E-state index contributed by atoms with van der Waals surface area (Å²) in [5.41, 5.74) is 0.555. The number of ether oxygens (including phenoxy) is 1. The van der Waals surface area contributed by atoms with Crippen molar-refractivity contribution in [2.24, 2.45) is 0 Å². The van der Waals surface area contributed by atoms with Gasteiger partial charge in [0.15, 0.2) is 0 Å². The van der Waals surface area contributed by atoms with Crippen molar-refractivity contribution in [3.05, 3.63) is 29.8 Å². The highest BCUT2D eigenvalue weighted by atomic mass is 16.5. The highest BCUT2D eigenvalue weighted by Crippen LogP contribution is 2.30. The van der Waals surface area contributed by atoms with Crippen LogP contribution >= 0.6 is 0 Å². The van der Waals surface area contributed by atoms with Gasteiger partial charge in [0, 0.05) is 13.0 Å². The topological polar surface area (TPSA) is 58.6 Å². The lowest BCUT2D eigenvalue weighted by atomic mass is 9.80. The minimum Gasteiger partial charge on any atom is -0.494 e. The number of aryl methyl sites for hydroxylation is 1. The maximum absolute atomic E-state index is 11.6. The van der Waals surface area contributed by atoms with Gasteiger partial charge < -0.3 is 15.2 Å². The van der Waals surface area contributed by atoms with Crippen molar-refractivity contribution in [2.45, 2.75) is 44.6 Å². The first-order chi connectivity index (χ1) is 9.57. The maximum Gasteiger partial charge on any atom is 0.220 e. The monoisotopic (exact) mass is 277 g/mol. The molecule has 1 saturated carbocycles. The number of carbonyl (C=O) groups is 1. The van der Waals surface area contributed by atoms with Crippen molar-refractivity contribution in [2.75, 3.05) is 13.2 Å². The number of benzene rings is 1. The summed E-state index contributed by atoms with van der Waals surface area (Å²) in [4.78, 5) is 11.6. The minimum atomic E-state index is -0.645. The Bertz CT molecular complexity index is 438. The highest BCUT2D eigenvalue weighted by Gasteiger charge is 2.34.